The number of fused-ring (bicyclic) bond motifs is 3. The fraction of sp³-hybridized carbons (Fsp3) is 0.621. The van der Waals surface area contributed by atoms with E-state index in [0.29, 0.717) is 25.0 Å². The zero-order valence-electron chi connectivity index (χ0n) is 23.5. The van der Waals surface area contributed by atoms with Crippen molar-refractivity contribution in [2.24, 2.45) is 0 Å². The maximum absolute atomic E-state index is 13.3. The number of rotatable bonds is 8. The summed E-state index contributed by atoms with van der Waals surface area (Å²) in [5.74, 6) is -0.208. The Morgan fingerprint density at radius 2 is 1.82 bits per heavy atom. The lowest BCUT2D eigenvalue weighted by molar-refractivity contribution is 0.0813. The van der Waals surface area contributed by atoms with Crippen LogP contribution in [0.4, 0.5) is 4.79 Å². The van der Waals surface area contributed by atoms with E-state index in [1.54, 1.807) is 15.5 Å². The molecular formula is C29H40N4O6S. The first-order valence-electron chi connectivity index (χ1n) is 14.3. The molecule has 40 heavy (non-hydrogen) atoms. The zero-order chi connectivity index (χ0) is 28.6. The number of sulfone groups is 1. The van der Waals surface area contributed by atoms with Gasteiger partial charge in [0.15, 0.2) is 9.84 Å². The molecule has 2 unspecified atom stereocenters. The van der Waals surface area contributed by atoms with Crippen LogP contribution in [-0.4, -0.2) is 90.7 Å². The Hall–Kier alpha value is -2.92. The molecule has 1 aromatic heterocycles. The summed E-state index contributed by atoms with van der Waals surface area (Å²) in [5, 5.41) is 4.03. The minimum absolute atomic E-state index is 0.00209. The number of carbonyl (C=O) groups excluding carboxylic acids is 2. The highest BCUT2D eigenvalue weighted by molar-refractivity contribution is 7.91. The quantitative estimate of drug-likeness (QED) is 0.517. The van der Waals surface area contributed by atoms with E-state index >= 15 is 0 Å². The molecule has 3 fully saturated rings. The predicted octanol–water partition coefficient (Wildman–Crippen LogP) is 2.95. The van der Waals surface area contributed by atoms with E-state index in [9.17, 15) is 22.8 Å². The summed E-state index contributed by atoms with van der Waals surface area (Å²) in [6.45, 7) is 5.14. The molecule has 1 aromatic carbocycles. The standard InChI is InChI=1S/C29H40N4O6S/c1-19(2)33-26-8-5-4-7-20(26)15-25(28(33)35)27(34)30-21-16-22-9-10-23(17-21)31(22)12-6-13-32(29(36)39-3)24-11-14-40(37,38)18-24/h4-5,7-8,15,19,21-24H,6,9-14,16-18H2,1-3H3,(H,30,34)/t21?,22-,23+,24?. The fourth-order valence-corrected chi connectivity index (χ4v) is 8.70. The summed E-state index contributed by atoms with van der Waals surface area (Å²) in [4.78, 5) is 43.1. The van der Waals surface area contributed by atoms with Gasteiger partial charge in [-0.2, -0.15) is 0 Å². The minimum atomic E-state index is -3.11. The first-order chi connectivity index (χ1) is 19.1. The number of aromatic nitrogens is 1. The van der Waals surface area contributed by atoms with Crippen LogP contribution in [0.1, 0.15) is 68.8 Å². The number of carbonyl (C=O) groups is 2. The highest BCUT2D eigenvalue weighted by atomic mass is 32.2. The third kappa shape index (κ3) is 5.76. The number of piperidine rings is 1. The highest BCUT2D eigenvalue weighted by Crippen LogP contribution is 2.36. The van der Waals surface area contributed by atoms with Gasteiger partial charge in [0.25, 0.3) is 11.5 Å². The van der Waals surface area contributed by atoms with Gasteiger partial charge in [-0.1, -0.05) is 18.2 Å². The predicted molar refractivity (Wildman–Crippen MR) is 153 cm³/mol. The molecule has 3 saturated heterocycles. The van der Waals surface area contributed by atoms with Crippen LogP contribution in [0, 0.1) is 0 Å². The molecule has 2 bridgehead atoms. The minimum Gasteiger partial charge on any atom is -0.453 e. The Labute approximate surface area is 235 Å². The molecule has 2 amide bonds. The molecule has 3 aliphatic rings. The third-order valence-corrected chi connectivity index (χ3v) is 10.5. The molecule has 0 radical (unpaired) electrons. The summed E-state index contributed by atoms with van der Waals surface area (Å²) >= 11 is 0. The van der Waals surface area contributed by atoms with Crippen molar-refractivity contribution in [2.45, 2.75) is 82.6 Å². The number of hydrogen-bond acceptors (Lipinski definition) is 7. The Bertz CT molecular complexity index is 1420. The van der Waals surface area contributed by atoms with Gasteiger partial charge in [-0.3, -0.25) is 14.5 Å². The number of amides is 2. The van der Waals surface area contributed by atoms with Crippen LogP contribution >= 0.6 is 0 Å². The zero-order valence-corrected chi connectivity index (χ0v) is 24.4. The van der Waals surface area contributed by atoms with E-state index < -0.39 is 15.9 Å². The van der Waals surface area contributed by atoms with Crippen molar-refractivity contribution in [1.82, 2.24) is 19.7 Å². The number of ether oxygens (including phenoxy) is 1. The van der Waals surface area contributed by atoms with Crippen LogP contribution in [0.2, 0.25) is 0 Å². The van der Waals surface area contributed by atoms with Gasteiger partial charge < -0.3 is 19.5 Å². The van der Waals surface area contributed by atoms with Crippen LogP contribution in [0.5, 0.6) is 0 Å². The molecule has 5 rings (SSSR count). The van der Waals surface area contributed by atoms with Gasteiger partial charge in [0.2, 0.25) is 0 Å². The Kier molecular flexibility index (Phi) is 8.24. The fourth-order valence-electron chi connectivity index (χ4n) is 6.97. The van der Waals surface area contributed by atoms with Crippen LogP contribution in [0.25, 0.3) is 10.9 Å². The Morgan fingerprint density at radius 1 is 1.12 bits per heavy atom. The molecule has 2 aromatic rings. The summed E-state index contributed by atoms with van der Waals surface area (Å²) in [6, 6.07) is 9.60. The number of para-hydroxylation sites is 1. The largest absolute Gasteiger partial charge is 0.453 e. The number of nitrogens with zero attached hydrogens (tertiary/aromatic N) is 3. The number of hydrogen-bond donors (Lipinski definition) is 1. The number of pyridine rings is 1. The first kappa shape index (κ1) is 28.6. The van der Waals surface area contributed by atoms with Crippen LogP contribution in [0.3, 0.4) is 0 Å². The topological polar surface area (TPSA) is 118 Å². The van der Waals surface area contributed by atoms with Crippen LogP contribution in [-0.2, 0) is 14.6 Å². The van der Waals surface area contributed by atoms with Crippen molar-refractivity contribution < 1.29 is 22.7 Å². The number of methoxy groups -OCH3 is 1. The molecule has 3 aliphatic heterocycles. The maximum Gasteiger partial charge on any atom is 0.409 e. The third-order valence-electron chi connectivity index (χ3n) is 8.80. The monoisotopic (exact) mass is 572 g/mol. The van der Waals surface area contributed by atoms with Crippen molar-refractivity contribution in [3.05, 3.63) is 46.2 Å². The summed E-state index contributed by atoms with van der Waals surface area (Å²) < 4.78 is 30.5. The number of benzene rings is 1. The molecule has 0 saturated carbocycles. The molecule has 0 spiro atoms. The summed E-state index contributed by atoms with van der Waals surface area (Å²) in [5.41, 5.74) is 0.738. The van der Waals surface area contributed by atoms with Crippen molar-refractivity contribution in [3.63, 3.8) is 0 Å². The average molecular weight is 573 g/mol. The average Bonchev–Trinajstić information content (AvgIpc) is 3.39. The van der Waals surface area contributed by atoms with Gasteiger partial charge in [0.05, 0.1) is 24.1 Å². The van der Waals surface area contributed by atoms with E-state index in [0.717, 1.165) is 49.6 Å². The highest BCUT2D eigenvalue weighted by Gasteiger charge is 2.41. The van der Waals surface area contributed by atoms with Crippen molar-refractivity contribution in [2.75, 3.05) is 31.7 Å². The van der Waals surface area contributed by atoms with E-state index in [1.807, 2.05) is 38.1 Å². The molecule has 0 aliphatic carbocycles. The van der Waals surface area contributed by atoms with Gasteiger partial charge >= 0.3 is 6.09 Å². The van der Waals surface area contributed by atoms with Crippen molar-refractivity contribution in [1.29, 1.82) is 0 Å². The summed E-state index contributed by atoms with van der Waals surface area (Å²) in [7, 11) is -1.78. The van der Waals surface area contributed by atoms with Gasteiger partial charge in [0, 0.05) is 43.3 Å². The lowest BCUT2D eigenvalue weighted by Gasteiger charge is -2.39. The maximum atomic E-state index is 13.3. The SMILES string of the molecule is COC(=O)N(CCCN1[C@@H]2CC[C@H]1CC(NC(=O)c1cc3ccccc3n(C(C)C)c1=O)C2)C1CCS(=O)(=O)C1. The molecule has 4 heterocycles. The Morgan fingerprint density at radius 3 is 2.45 bits per heavy atom. The lowest BCUT2D eigenvalue weighted by Crippen LogP contribution is -2.51. The second kappa shape index (κ2) is 11.5. The Balaban J connectivity index is 1.21. The smallest absolute Gasteiger partial charge is 0.409 e. The van der Waals surface area contributed by atoms with E-state index in [4.69, 9.17) is 4.74 Å². The molecule has 10 nitrogen and oxygen atoms in total. The van der Waals surface area contributed by atoms with E-state index in [1.165, 1.54) is 7.11 Å². The van der Waals surface area contributed by atoms with E-state index in [-0.39, 0.29) is 46.7 Å². The van der Waals surface area contributed by atoms with Crippen molar-refractivity contribution in [3.8, 4) is 0 Å². The molecule has 4 atom stereocenters. The van der Waals surface area contributed by atoms with Gasteiger partial charge in [0.1, 0.15) is 5.56 Å². The molecule has 11 heteroatoms. The van der Waals surface area contributed by atoms with Gasteiger partial charge in [-0.25, -0.2) is 13.2 Å². The summed E-state index contributed by atoms with van der Waals surface area (Å²) in [6.07, 6.45) is 4.43. The van der Waals surface area contributed by atoms with Crippen LogP contribution < -0.4 is 10.9 Å². The second-order valence-corrected chi connectivity index (χ2v) is 14.0. The molecular weight excluding hydrogens is 532 g/mol. The molecule has 218 valence electrons. The van der Waals surface area contributed by atoms with E-state index in [2.05, 4.69) is 10.2 Å². The van der Waals surface area contributed by atoms with Crippen molar-refractivity contribution >= 4 is 32.7 Å². The molecule has 1 N–H and O–H groups in total. The lowest BCUT2D eigenvalue weighted by atomic mass is 9.96. The van der Waals surface area contributed by atoms with Gasteiger partial charge in [-0.05, 0) is 69.9 Å². The van der Waals surface area contributed by atoms with Gasteiger partial charge in [-0.15, -0.1) is 0 Å². The second-order valence-electron chi connectivity index (χ2n) is 11.7. The van der Waals surface area contributed by atoms with Crippen LogP contribution in [0.15, 0.2) is 35.1 Å². The first-order valence-corrected chi connectivity index (χ1v) is 16.2. The normalized spacial score (nSPS) is 25.8. The number of nitrogens with one attached hydrogen (secondary N) is 1.